The van der Waals surface area contributed by atoms with E-state index in [0.717, 1.165) is 24.1 Å². The monoisotopic (exact) mass is 281 g/mol. The van der Waals surface area contributed by atoms with Crippen molar-refractivity contribution in [2.45, 2.75) is 45.6 Å². The number of hydrogen-bond donors (Lipinski definition) is 1. The molecule has 0 bridgehead atoms. The molecule has 6 heteroatoms. The Morgan fingerprint density at radius 3 is 2.95 bits per heavy atom. The Morgan fingerprint density at radius 1 is 1.53 bits per heavy atom. The average molecular weight is 281 g/mol. The number of carbonyl (C=O) groups excluding carboxylic acids is 2. The first-order valence-electron chi connectivity index (χ1n) is 6.64. The minimum absolute atomic E-state index is 0.0511. The summed E-state index contributed by atoms with van der Waals surface area (Å²) in [6, 6.07) is -0.342. The second-order valence-electron chi connectivity index (χ2n) is 4.72. The van der Waals surface area contributed by atoms with Gasteiger partial charge in [0.05, 0.1) is 0 Å². The molecule has 1 unspecified atom stereocenters. The van der Waals surface area contributed by atoms with Crippen molar-refractivity contribution in [2.75, 3.05) is 11.9 Å². The van der Waals surface area contributed by atoms with Crippen molar-refractivity contribution in [1.29, 1.82) is 0 Å². The predicted molar refractivity (Wildman–Crippen MR) is 75.1 cm³/mol. The summed E-state index contributed by atoms with van der Waals surface area (Å²) < 4.78 is 0. The van der Waals surface area contributed by atoms with E-state index in [2.05, 4.69) is 10.3 Å². The van der Waals surface area contributed by atoms with Crippen LogP contribution in [0.3, 0.4) is 0 Å². The lowest BCUT2D eigenvalue weighted by atomic mass is 10.0. The Hall–Kier alpha value is -1.43. The molecule has 1 fully saturated rings. The Morgan fingerprint density at radius 2 is 2.32 bits per heavy atom. The van der Waals surface area contributed by atoms with Crippen LogP contribution >= 0.6 is 11.3 Å². The number of aryl methyl sites for hydroxylation is 1. The van der Waals surface area contributed by atoms with Crippen molar-refractivity contribution in [3.8, 4) is 0 Å². The van der Waals surface area contributed by atoms with Crippen LogP contribution in [0.5, 0.6) is 0 Å². The van der Waals surface area contributed by atoms with E-state index in [9.17, 15) is 9.59 Å². The second-order valence-corrected chi connectivity index (χ2v) is 5.95. The number of amides is 2. The zero-order chi connectivity index (χ0) is 13.8. The average Bonchev–Trinajstić information content (AvgIpc) is 2.83. The quantitative estimate of drug-likeness (QED) is 0.923. The molecule has 0 spiro atoms. The Bertz CT molecular complexity index is 472. The highest BCUT2D eigenvalue weighted by Crippen LogP contribution is 2.21. The highest BCUT2D eigenvalue weighted by atomic mass is 32.1. The molecule has 1 saturated heterocycles. The topological polar surface area (TPSA) is 62.3 Å². The van der Waals surface area contributed by atoms with E-state index in [1.807, 2.05) is 13.8 Å². The van der Waals surface area contributed by atoms with Gasteiger partial charge in [-0.1, -0.05) is 6.92 Å². The summed E-state index contributed by atoms with van der Waals surface area (Å²) in [6.07, 6.45) is 4.88. The first-order chi connectivity index (χ1) is 9.11. The molecule has 0 aliphatic carbocycles. The van der Waals surface area contributed by atoms with Gasteiger partial charge in [0.2, 0.25) is 11.8 Å². The molecule has 1 aliphatic rings. The van der Waals surface area contributed by atoms with Crippen LogP contribution in [0, 0.1) is 6.92 Å². The number of piperidine rings is 1. The molecule has 1 aromatic rings. The van der Waals surface area contributed by atoms with E-state index in [0.29, 0.717) is 18.1 Å². The molecule has 5 nitrogen and oxygen atoms in total. The smallest absolute Gasteiger partial charge is 0.248 e. The normalized spacial score (nSPS) is 19.3. The fourth-order valence-electron chi connectivity index (χ4n) is 2.31. The van der Waals surface area contributed by atoms with Gasteiger partial charge in [0.25, 0.3) is 0 Å². The third-order valence-electron chi connectivity index (χ3n) is 3.28. The molecule has 2 heterocycles. The molecule has 0 saturated carbocycles. The number of nitrogens with one attached hydrogen (secondary N) is 1. The number of aromatic nitrogens is 1. The molecule has 1 aliphatic heterocycles. The van der Waals surface area contributed by atoms with Crippen molar-refractivity contribution in [1.82, 2.24) is 9.88 Å². The summed E-state index contributed by atoms with van der Waals surface area (Å²) in [4.78, 5) is 31.0. The number of carbonyl (C=O) groups is 2. The lowest BCUT2D eigenvalue weighted by molar-refractivity contribution is -0.140. The van der Waals surface area contributed by atoms with E-state index >= 15 is 0 Å². The van der Waals surface area contributed by atoms with E-state index in [-0.39, 0.29) is 17.9 Å². The lowest BCUT2D eigenvalue weighted by Crippen LogP contribution is -2.49. The standard InChI is InChI=1S/C13H19N3O2S/c1-3-11(17)16-7-5-4-6-10(16)12(18)15-13-14-8-9(2)19-13/h8,10H,3-7H2,1-2H3,(H,14,15,18). The summed E-state index contributed by atoms with van der Waals surface area (Å²) in [5.41, 5.74) is 0. The van der Waals surface area contributed by atoms with Gasteiger partial charge in [-0.25, -0.2) is 4.98 Å². The van der Waals surface area contributed by atoms with Crippen molar-refractivity contribution < 1.29 is 9.59 Å². The second kappa shape index (κ2) is 6.14. The van der Waals surface area contributed by atoms with Crippen LogP contribution in [0.1, 0.15) is 37.5 Å². The molecule has 1 atom stereocenters. The van der Waals surface area contributed by atoms with Crippen molar-refractivity contribution >= 4 is 28.3 Å². The number of hydrogen-bond acceptors (Lipinski definition) is 4. The van der Waals surface area contributed by atoms with E-state index < -0.39 is 0 Å². The van der Waals surface area contributed by atoms with Gasteiger partial charge in [0.1, 0.15) is 6.04 Å². The van der Waals surface area contributed by atoms with Gasteiger partial charge in [-0.2, -0.15) is 0 Å². The number of anilines is 1. The summed E-state index contributed by atoms with van der Waals surface area (Å²) in [6.45, 7) is 4.46. The van der Waals surface area contributed by atoms with Gasteiger partial charge in [0, 0.05) is 24.0 Å². The molecule has 0 radical (unpaired) electrons. The minimum atomic E-state index is -0.342. The van der Waals surface area contributed by atoms with E-state index in [1.54, 1.807) is 11.1 Å². The number of rotatable bonds is 3. The fraction of sp³-hybridized carbons (Fsp3) is 0.615. The van der Waals surface area contributed by atoms with Crippen LogP contribution in [-0.4, -0.2) is 34.3 Å². The molecule has 2 amide bonds. The molecule has 0 aromatic carbocycles. The summed E-state index contributed by atoms with van der Waals surface area (Å²) in [7, 11) is 0. The SMILES string of the molecule is CCC(=O)N1CCCCC1C(=O)Nc1ncc(C)s1. The van der Waals surface area contributed by atoms with Gasteiger partial charge >= 0.3 is 0 Å². The third kappa shape index (κ3) is 3.32. The first kappa shape index (κ1) is 14.0. The fourth-order valence-corrected chi connectivity index (χ4v) is 2.97. The van der Waals surface area contributed by atoms with Crippen LogP contribution in [-0.2, 0) is 9.59 Å². The van der Waals surface area contributed by atoms with Gasteiger partial charge in [0.15, 0.2) is 5.13 Å². The molecule has 1 N–H and O–H groups in total. The van der Waals surface area contributed by atoms with Crippen molar-refractivity contribution in [3.05, 3.63) is 11.1 Å². The number of thiazole rings is 1. The highest BCUT2D eigenvalue weighted by molar-refractivity contribution is 7.15. The summed E-state index contributed by atoms with van der Waals surface area (Å²) >= 11 is 1.45. The zero-order valence-corrected chi connectivity index (χ0v) is 12.1. The lowest BCUT2D eigenvalue weighted by Gasteiger charge is -2.34. The summed E-state index contributed by atoms with van der Waals surface area (Å²) in [5.74, 6) is -0.0639. The molecule has 19 heavy (non-hydrogen) atoms. The molecule has 1 aromatic heterocycles. The van der Waals surface area contributed by atoms with Gasteiger partial charge < -0.3 is 10.2 Å². The van der Waals surface area contributed by atoms with Crippen molar-refractivity contribution in [3.63, 3.8) is 0 Å². The molecule has 2 rings (SSSR count). The van der Waals surface area contributed by atoms with E-state index in [4.69, 9.17) is 0 Å². The van der Waals surface area contributed by atoms with Crippen LogP contribution in [0.2, 0.25) is 0 Å². The summed E-state index contributed by atoms with van der Waals surface area (Å²) in [5, 5.41) is 3.42. The Kier molecular flexibility index (Phi) is 4.52. The van der Waals surface area contributed by atoms with Gasteiger partial charge in [-0.15, -0.1) is 11.3 Å². The van der Waals surface area contributed by atoms with Crippen LogP contribution in [0.4, 0.5) is 5.13 Å². The van der Waals surface area contributed by atoms with Crippen LogP contribution < -0.4 is 5.32 Å². The Labute approximate surface area is 117 Å². The number of nitrogens with zero attached hydrogens (tertiary/aromatic N) is 2. The Balaban J connectivity index is 2.05. The molecular weight excluding hydrogens is 262 g/mol. The largest absolute Gasteiger partial charge is 0.331 e. The number of likely N-dealkylation sites (tertiary alicyclic amines) is 1. The molecule has 104 valence electrons. The maximum absolute atomic E-state index is 12.3. The predicted octanol–water partition coefficient (Wildman–Crippen LogP) is 2.18. The van der Waals surface area contributed by atoms with Gasteiger partial charge in [-0.3, -0.25) is 9.59 Å². The maximum Gasteiger partial charge on any atom is 0.248 e. The zero-order valence-electron chi connectivity index (χ0n) is 11.3. The third-order valence-corrected chi connectivity index (χ3v) is 4.11. The van der Waals surface area contributed by atoms with E-state index in [1.165, 1.54) is 11.3 Å². The van der Waals surface area contributed by atoms with Crippen LogP contribution in [0.15, 0.2) is 6.20 Å². The maximum atomic E-state index is 12.3. The van der Waals surface area contributed by atoms with Gasteiger partial charge in [-0.05, 0) is 26.2 Å². The van der Waals surface area contributed by atoms with Crippen molar-refractivity contribution in [2.24, 2.45) is 0 Å². The highest BCUT2D eigenvalue weighted by Gasteiger charge is 2.31. The minimum Gasteiger partial charge on any atom is -0.331 e. The molecular formula is C13H19N3O2S. The van der Waals surface area contributed by atoms with Crippen LogP contribution in [0.25, 0.3) is 0 Å². The first-order valence-corrected chi connectivity index (χ1v) is 7.46.